The second-order valence-electron chi connectivity index (χ2n) is 3.30. The Bertz CT molecular complexity index is 461. The minimum absolute atomic E-state index is 0.0284. The maximum atomic E-state index is 11.2. The summed E-state index contributed by atoms with van der Waals surface area (Å²) in [6.07, 6.45) is -0.297. The molecule has 0 atom stereocenters. The van der Waals surface area contributed by atoms with Gasteiger partial charge in [-0.1, -0.05) is 6.07 Å². The average Bonchev–Trinajstić information content (AvgIpc) is 2.16. The molecule has 2 N–H and O–H groups in total. The molecule has 1 rings (SSSR count). The molecule has 0 fully saturated rings. The van der Waals surface area contributed by atoms with Crippen molar-refractivity contribution in [2.45, 2.75) is 13.3 Å². The van der Waals surface area contributed by atoms with Gasteiger partial charge in [0.25, 0.3) is 0 Å². The lowest BCUT2D eigenvalue weighted by atomic mass is 9.99. The minimum atomic E-state index is -1.15. The van der Waals surface area contributed by atoms with Gasteiger partial charge in [-0.25, -0.2) is 4.79 Å². The third-order valence-corrected chi connectivity index (χ3v) is 2.08. The van der Waals surface area contributed by atoms with Crippen LogP contribution in [0, 0.1) is 0 Å². The summed E-state index contributed by atoms with van der Waals surface area (Å²) in [6.45, 7) is 1.27. The molecule has 1 aromatic rings. The van der Waals surface area contributed by atoms with Crippen molar-refractivity contribution in [1.29, 1.82) is 0 Å². The molecule has 0 aliphatic heterocycles. The van der Waals surface area contributed by atoms with Crippen molar-refractivity contribution in [1.82, 2.24) is 0 Å². The van der Waals surface area contributed by atoms with Crippen LogP contribution >= 0.6 is 0 Å². The smallest absolute Gasteiger partial charge is 0.335 e. The van der Waals surface area contributed by atoms with Gasteiger partial charge >= 0.3 is 11.9 Å². The number of hydrogen-bond acceptors (Lipinski definition) is 3. The molecule has 0 aliphatic rings. The van der Waals surface area contributed by atoms with E-state index in [-0.39, 0.29) is 23.3 Å². The van der Waals surface area contributed by atoms with Crippen molar-refractivity contribution in [2.75, 3.05) is 0 Å². The third kappa shape index (κ3) is 2.66. The normalized spacial score (nSPS) is 9.81. The van der Waals surface area contributed by atoms with Gasteiger partial charge in [0.1, 0.15) is 0 Å². The summed E-state index contributed by atoms with van der Waals surface area (Å²) >= 11 is 0. The van der Waals surface area contributed by atoms with Crippen LogP contribution in [-0.4, -0.2) is 27.9 Å². The van der Waals surface area contributed by atoms with E-state index in [2.05, 4.69) is 0 Å². The van der Waals surface area contributed by atoms with Crippen LogP contribution in [0.4, 0.5) is 0 Å². The van der Waals surface area contributed by atoms with Gasteiger partial charge in [-0.3, -0.25) is 9.59 Å². The van der Waals surface area contributed by atoms with E-state index in [1.165, 1.54) is 25.1 Å². The number of ketones is 1. The van der Waals surface area contributed by atoms with Gasteiger partial charge < -0.3 is 10.2 Å². The number of carbonyl (C=O) groups is 3. The van der Waals surface area contributed by atoms with E-state index in [1.807, 2.05) is 0 Å². The van der Waals surface area contributed by atoms with Gasteiger partial charge in [0.2, 0.25) is 0 Å². The summed E-state index contributed by atoms with van der Waals surface area (Å²) in [5, 5.41) is 17.4. The lowest BCUT2D eigenvalue weighted by Crippen LogP contribution is -2.08. The Labute approximate surface area is 91.3 Å². The largest absolute Gasteiger partial charge is 0.481 e. The van der Waals surface area contributed by atoms with Gasteiger partial charge in [-0.2, -0.15) is 0 Å². The Morgan fingerprint density at radius 2 is 1.81 bits per heavy atom. The van der Waals surface area contributed by atoms with E-state index in [0.717, 1.165) is 0 Å². The highest BCUT2D eigenvalue weighted by Crippen LogP contribution is 2.14. The summed E-state index contributed by atoms with van der Waals surface area (Å²) < 4.78 is 0. The zero-order chi connectivity index (χ0) is 12.3. The number of carbonyl (C=O) groups excluding carboxylic acids is 1. The Morgan fingerprint density at radius 3 is 2.25 bits per heavy atom. The molecule has 0 heterocycles. The SMILES string of the molecule is CC(=O)c1cc(C(=O)O)ccc1CC(=O)O. The zero-order valence-electron chi connectivity index (χ0n) is 8.56. The highest BCUT2D eigenvalue weighted by Gasteiger charge is 2.13. The van der Waals surface area contributed by atoms with Crippen LogP contribution in [0.2, 0.25) is 0 Å². The first kappa shape index (κ1) is 11.9. The van der Waals surface area contributed by atoms with Crippen molar-refractivity contribution in [3.63, 3.8) is 0 Å². The van der Waals surface area contributed by atoms with Crippen LogP contribution in [-0.2, 0) is 11.2 Å². The Balaban J connectivity index is 3.24. The van der Waals surface area contributed by atoms with Crippen molar-refractivity contribution in [2.24, 2.45) is 0 Å². The van der Waals surface area contributed by atoms with E-state index in [1.54, 1.807) is 0 Å². The number of hydrogen-bond donors (Lipinski definition) is 2. The molecule has 0 bridgehead atoms. The highest BCUT2D eigenvalue weighted by molar-refractivity contribution is 5.99. The molecule has 0 amide bonds. The van der Waals surface area contributed by atoms with E-state index < -0.39 is 11.9 Å². The van der Waals surface area contributed by atoms with Crippen LogP contribution in [0.5, 0.6) is 0 Å². The summed E-state index contributed by atoms with van der Waals surface area (Å²) in [7, 11) is 0. The van der Waals surface area contributed by atoms with Crippen molar-refractivity contribution < 1.29 is 24.6 Å². The second-order valence-corrected chi connectivity index (χ2v) is 3.30. The number of benzene rings is 1. The molecule has 5 heteroatoms. The molecule has 0 aliphatic carbocycles. The maximum Gasteiger partial charge on any atom is 0.335 e. The first-order chi connectivity index (χ1) is 7.41. The topological polar surface area (TPSA) is 91.7 Å². The van der Waals surface area contributed by atoms with Crippen LogP contribution in [0.3, 0.4) is 0 Å². The average molecular weight is 222 g/mol. The minimum Gasteiger partial charge on any atom is -0.481 e. The van der Waals surface area contributed by atoms with Gasteiger partial charge in [-0.05, 0) is 24.6 Å². The van der Waals surface area contributed by atoms with E-state index in [0.29, 0.717) is 5.56 Å². The lowest BCUT2D eigenvalue weighted by Gasteiger charge is -2.05. The molecular formula is C11H10O5. The monoisotopic (exact) mass is 222 g/mol. The number of aromatic carboxylic acids is 1. The number of carboxylic acid groups (broad SMARTS) is 2. The predicted molar refractivity (Wildman–Crippen MR) is 54.7 cm³/mol. The van der Waals surface area contributed by atoms with E-state index >= 15 is 0 Å². The molecule has 0 saturated heterocycles. The van der Waals surface area contributed by atoms with Crippen LogP contribution < -0.4 is 0 Å². The maximum absolute atomic E-state index is 11.2. The number of carboxylic acids is 2. The molecular weight excluding hydrogens is 212 g/mol. The van der Waals surface area contributed by atoms with Crippen molar-refractivity contribution >= 4 is 17.7 Å². The van der Waals surface area contributed by atoms with Crippen LogP contribution in [0.1, 0.15) is 33.2 Å². The molecule has 0 aromatic heterocycles. The molecule has 1 aromatic carbocycles. The number of aliphatic carboxylic acids is 1. The number of rotatable bonds is 4. The van der Waals surface area contributed by atoms with Crippen LogP contribution in [0.25, 0.3) is 0 Å². The van der Waals surface area contributed by atoms with Crippen molar-refractivity contribution in [3.05, 3.63) is 34.9 Å². The van der Waals surface area contributed by atoms with Crippen molar-refractivity contribution in [3.8, 4) is 0 Å². The Hall–Kier alpha value is -2.17. The van der Waals surface area contributed by atoms with E-state index in [9.17, 15) is 14.4 Å². The molecule has 0 spiro atoms. The second kappa shape index (κ2) is 4.57. The molecule has 0 saturated carbocycles. The predicted octanol–water partition coefficient (Wildman–Crippen LogP) is 1.21. The van der Waals surface area contributed by atoms with Gasteiger partial charge in [0.15, 0.2) is 5.78 Å². The quantitative estimate of drug-likeness (QED) is 0.747. The summed E-state index contributed by atoms with van der Waals surface area (Å²) in [6, 6.07) is 3.84. The highest BCUT2D eigenvalue weighted by atomic mass is 16.4. The molecule has 16 heavy (non-hydrogen) atoms. The lowest BCUT2D eigenvalue weighted by molar-refractivity contribution is -0.136. The standard InChI is InChI=1S/C11H10O5/c1-6(12)9-4-8(11(15)16)3-2-7(9)5-10(13)14/h2-4H,5H2,1H3,(H,13,14)(H,15,16). The fourth-order valence-corrected chi connectivity index (χ4v) is 1.35. The van der Waals surface area contributed by atoms with E-state index in [4.69, 9.17) is 10.2 Å². The Kier molecular flexibility index (Phi) is 3.40. The molecule has 5 nitrogen and oxygen atoms in total. The fraction of sp³-hybridized carbons (Fsp3) is 0.182. The van der Waals surface area contributed by atoms with Crippen LogP contribution in [0.15, 0.2) is 18.2 Å². The fourth-order valence-electron chi connectivity index (χ4n) is 1.35. The number of Topliss-reactive ketones (excluding diaryl/α,β-unsaturated/α-hetero) is 1. The summed E-state index contributed by atoms with van der Waals surface area (Å²) in [5.41, 5.74) is 0.437. The zero-order valence-corrected chi connectivity index (χ0v) is 8.56. The first-order valence-electron chi connectivity index (χ1n) is 4.50. The Morgan fingerprint density at radius 1 is 1.19 bits per heavy atom. The summed E-state index contributed by atoms with van der Waals surface area (Å²) in [4.78, 5) is 32.5. The molecule has 84 valence electrons. The third-order valence-electron chi connectivity index (χ3n) is 2.08. The van der Waals surface area contributed by atoms with Gasteiger partial charge in [-0.15, -0.1) is 0 Å². The van der Waals surface area contributed by atoms with Gasteiger partial charge in [0.05, 0.1) is 12.0 Å². The summed E-state index contributed by atoms with van der Waals surface area (Å²) in [5.74, 6) is -2.56. The first-order valence-corrected chi connectivity index (χ1v) is 4.50. The molecule has 0 radical (unpaired) electrons. The molecule has 0 unspecified atom stereocenters. The van der Waals surface area contributed by atoms with Gasteiger partial charge in [0, 0.05) is 5.56 Å².